The molecule has 0 aromatic heterocycles. The number of carbonyl (C=O) groups excluding carboxylic acids is 4. The maximum absolute atomic E-state index is 13.1. The van der Waals surface area contributed by atoms with Crippen molar-refractivity contribution in [3.63, 3.8) is 0 Å². The Morgan fingerprint density at radius 2 is 0.465 bits per heavy atom. The lowest BCUT2D eigenvalue weighted by atomic mass is 10.0. The SMILES string of the molecule is CCCCCCCCCCCCCCCCCCCCCC(=O)OC[C@H](COP(=O)(O)OC[C@@H](O)COP(=O)(O)OC[C@@H](COC(=O)CCCCCCC)OC(=O)CCCCCCCCCCCCCCCC(C)C)OC(=O)CCCCCCCCCCCCCCCCCCC(C)C. The molecular weight excluding hydrogens is 1290 g/mol. The Morgan fingerprint density at radius 3 is 0.687 bits per heavy atom. The number of aliphatic hydroxyl groups is 1. The molecule has 0 rings (SSSR count). The predicted octanol–water partition coefficient (Wildman–Crippen LogP) is 23.9. The molecular formula is C80H156O17P2. The molecule has 3 N–H and O–H groups in total. The summed E-state index contributed by atoms with van der Waals surface area (Å²) < 4.78 is 68.5. The lowest BCUT2D eigenvalue weighted by Crippen LogP contribution is -2.30. The lowest BCUT2D eigenvalue weighted by molar-refractivity contribution is -0.161. The molecule has 19 heteroatoms. The summed E-state index contributed by atoms with van der Waals surface area (Å²) in [4.78, 5) is 72.7. The lowest BCUT2D eigenvalue weighted by Gasteiger charge is -2.21. The van der Waals surface area contributed by atoms with E-state index in [-0.39, 0.29) is 25.7 Å². The van der Waals surface area contributed by atoms with Gasteiger partial charge in [0, 0.05) is 25.7 Å². The van der Waals surface area contributed by atoms with Gasteiger partial charge in [0.25, 0.3) is 0 Å². The first-order valence-corrected chi connectivity index (χ1v) is 44.5. The van der Waals surface area contributed by atoms with Crippen LogP contribution in [0.25, 0.3) is 0 Å². The Hall–Kier alpha value is -1.94. The Morgan fingerprint density at radius 1 is 0.273 bits per heavy atom. The minimum absolute atomic E-state index is 0.106. The molecule has 0 amide bonds. The zero-order valence-corrected chi connectivity index (χ0v) is 66.6. The van der Waals surface area contributed by atoms with Crippen LogP contribution >= 0.6 is 15.6 Å². The molecule has 0 saturated carbocycles. The van der Waals surface area contributed by atoms with Crippen LogP contribution in [0.3, 0.4) is 0 Å². The molecule has 99 heavy (non-hydrogen) atoms. The van der Waals surface area contributed by atoms with Gasteiger partial charge in [-0.1, -0.05) is 369 Å². The number of phosphoric ester groups is 2. The molecule has 0 aromatic carbocycles. The fraction of sp³-hybridized carbons (Fsp3) is 0.950. The van der Waals surface area contributed by atoms with Gasteiger partial charge in [-0.2, -0.15) is 0 Å². The van der Waals surface area contributed by atoms with E-state index in [1.165, 1.54) is 231 Å². The molecule has 5 atom stereocenters. The third-order valence-electron chi connectivity index (χ3n) is 18.7. The molecule has 0 aromatic rings. The number of hydrogen-bond acceptors (Lipinski definition) is 15. The van der Waals surface area contributed by atoms with Gasteiger partial charge < -0.3 is 33.8 Å². The molecule has 0 heterocycles. The molecule has 0 aliphatic heterocycles. The minimum Gasteiger partial charge on any atom is -0.462 e. The Kier molecular flexibility index (Phi) is 70.3. The molecule has 2 unspecified atom stereocenters. The third-order valence-corrected chi connectivity index (χ3v) is 20.6. The van der Waals surface area contributed by atoms with Crippen molar-refractivity contribution in [3.8, 4) is 0 Å². The van der Waals surface area contributed by atoms with Crippen molar-refractivity contribution in [1.29, 1.82) is 0 Å². The fourth-order valence-electron chi connectivity index (χ4n) is 12.4. The summed E-state index contributed by atoms with van der Waals surface area (Å²) in [5.41, 5.74) is 0. The minimum atomic E-state index is -4.96. The van der Waals surface area contributed by atoms with Crippen LogP contribution in [-0.2, 0) is 65.4 Å². The van der Waals surface area contributed by atoms with Gasteiger partial charge >= 0.3 is 39.5 Å². The second-order valence-electron chi connectivity index (χ2n) is 29.8. The monoisotopic (exact) mass is 1450 g/mol. The van der Waals surface area contributed by atoms with Gasteiger partial charge in [-0.15, -0.1) is 0 Å². The van der Waals surface area contributed by atoms with Gasteiger partial charge in [-0.25, -0.2) is 9.13 Å². The summed E-state index contributed by atoms with van der Waals surface area (Å²) in [6.45, 7) is 9.58. The van der Waals surface area contributed by atoms with Crippen LogP contribution in [0.4, 0.5) is 0 Å². The zero-order chi connectivity index (χ0) is 72.8. The average Bonchev–Trinajstić information content (AvgIpc) is 1.20. The first kappa shape index (κ1) is 97.1. The van der Waals surface area contributed by atoms with Crippen LogP contribution in [0.5, 0.6) is 0 Å². The van der Waals surface area contributed by atoms with Crippen LogP contribution < -0.4 is 0 Å². The van der Waals surface area contributed by atoms with Crippen LogP contribution in [0, 0.1) is 11.8 Å². The smallest absolute Gasteiger partial charge is 0.462 e. The molecule has 0 aliphatic carbocycles. The normalized spacial score (nSPS) is 13.9. The van der Waals surface area contributed by atoms with E-state index in [0.717, 1.165) is 108 Å². The molecule has 0 bridgehead atoms. The van der Waals surface area contributed by atoms with Crippen molar-refractivity contribution in [2.75, 3.05) is 39.6 Å². The van der Waals surface area contributed by atoms with E-state index < -0.39 is 97.5 Å². The van der Waals surface area contributed by atoms with Crippen molar-refractivity contribution in [2.45, 2.75) is 439 Å². The summed E-state index contributed by atoms with van der Waals surface area (Å²) in [5, 5.41) is 10.6. The Balaban J connectivity index is 5.12. The van der Waals surface area contributed by atoms with E-state index in [4.69, 9.17) is 37.0 Å². The number of aliphatic hydroxyl groups excluding tert-OH is 1. The number of esters is 4. The molecule has 588 valence electrons. The average molecular weight is 1450 g/mol. The van der Waals surface area contributed by atoms with Gasteiger partial charge in [0.15, 0.2) is 12.2 Å². The third kappa shape index (κ3) is 74.1. The van der Waals surface area contributed by atoms with Crippen molar-refractivity contribution in [2.24, 2.45) is 11.8 Å². The Labute approximate surface area is 607 Å². The largest absolute Gasteiger partial charge is 0.472 e. The summed E-state index contributed by atoms with van der Waals surface area (Å²) in [5.74, 6) is -0.525. The first-order chi connectivity index (χ1) is 47.9. The van der Waals surface area contributed by atoms with Crippen LogP contribution in [0.2, 0.25) is 0 Å². The van der Waals surface area contributed by atoms with Crippen LogP contribution in [0.15, 0.2) is 0 Å². The summed E-state index contributed by atoms with van der Waals surface area (Å²) in [7, 11) is -9.91. The maximum atomic E-state index is 13.1. The van der Waals surface area contributed by atoms with Crippen molar-refractivity contribution >= 4 is 39.5 Å². The topological polar surface area (TPSA) is 237 Å². The highest BCUT2D eigenvalue weighted by Crippen LogP contribution is 2.45. The van der Waals surface area contributed by atoms with Gasteiger partial charge in [0.1, 0.15) is 19.3 Å². The van der Waals surface area contributed by atoms with Gasteiger partial charge in [0.05, 0.1) is 26.4 Å². The van der Waals surface area contributed by atoms with Crippen LogP contribution in [-0.4, -0.2) is 96.7 Å². The Bertz CT molecular complexity index is 1910. The highest BCUT2D eigenvalue weighted by Gasteiger charge is 2.30. The van der Waals surface area contributed by atoms with Gasteiger partial charge in [-0.3, -0.25) is 37.3 Å². The fourth-order valence-corrected chi connectivity index (χ4v) is 13.9. The molecule has 17 nitrogen and oxygen atoms in total. The number of hydrogen-bond donors (Lipinski definition) is 3. The standard InChI is InChI=1S/C80H156O17P2/c1-7-9-11-13-14-15-16-17-18-19-20-21-25-30-35-40-45-51-57-63-78(83)91-69-76(97-80(85)65-58-52-46-41-36-31-26-23-22-24-28-33-38-43-49-54-60-72(3)4)71-95-99(88,89)93-67-74(81)66-92-98(86,87)94-70-75(68-90-77(82)62-56-48-12-10-8-2)96-79(84)64-59-53-47-42-37-32-27-29-34-39-44-50-55-61-73(5)6/h72-76,81H,7-71H2,1-6H3,(H,86,87)(H,88,89)/t74-,75+,76+/m0/s1. The van der Waals surface area contributed by atoms with Gasteiger partial charge in [0.2, 0.25) is 0 Å². The number of carbonyl (C=O) groups is 4. The van der Waals surface area contributed by atoms with Crippen molar-refractivity contribution < 1.29 is 80.2 Å². The number of unbranched alkanes of at least 4 members (excludes halogenated alkanes) is 49. The highest BCUT2D eigenvalue weighted by molar-refractivity contribution is 7.47. The van der Waals surface area contributed by atoms with E-state index >= 15 is 0 Å². The molecule has 0 radical (unpaired) electrons. The summed E-state index contributed by atoms with van der Waals surface area (Å²) in [6, 6.07) is 0. The summed E-state index contributed by atoms with van der Waals surface area (Å²) in [6.07, 6.45) is 61.5. The zero-order valence-electron chi connectivity index (χ0n) is 64.8. The number of rotatable bonds is 79. The molecule has 0 spiro atoms. The maximum Gasteiger partial charge on any atom is 0.472 e. The van der Waals surface area contributed by atoms with Gasteiger partial charge in [-0.05, 0) is 37.5 Å². The van der Waals surface area contributed by atoms with E-state index in [1.807, 2.05) is 0 Å². The van der Waals surface area contributed by atoms with Crippen molar-refractivity contribution in [1.82, 2.24) is 0 Å². The van der Waals surface area contributed by atoms with E-state index in [2.05, 4.69) is 41.5 Å². The second kappa shape index (κ2) is 71.7. The first-order valence-electron chi connectivity index (χ1n) is 41.5. The van der Waals surface area contributed by atoms with E-state index in [1.54, 1.807) is 0 Å². The number of ether oxygens (including phenoxy) is 4. The van der Waals surface area contributed by atoms with E-state index in [0.29, 0.717) is 25.7 Å². The summed E-state index contributed by atoms with van der Waals surface area (Å²) >= 11 is 0. The van der Waals surface area contributed by atoms with E-state index in [9.17, 15) is 43.2 Å². The molecule has 0 saturated heterocycles. The quantitative estimate of drug-likeness (QED) is 0.0222. The predicted molar refractivity (Wildman–Crippen MR) is 405 cm³/mol. The second-order valence-corrected chi connectivity index (χ2v) is 32.7. The molecule has 0 fully saturated rings. The highest BCUT2D eigenvalue weighted by atomic mass is 31.2. The molecule has 0 aliphatic rings. The van der Waals surface area contributed by atoms with Crippen molar-refractivity contribution in [3.05, 3.63) is 0 Å². The van der Waals surface area contributed by atoms with Crippen LogP contribution in [0.1, 0.15) is 420 Å². The number of phosphoric acid groups is 2.